The van der Waals surface area contributed by atoms with Gasteiger partial charge in [0, 0.05) is 6.42 Å². The summed E-state index contributed by atoms with van der Waals surface area (Å²) in [7, 11) is -1.52. The molecule has 2 aromatic rings. The van der Waals surface area contributed by atoms with Gasteiger partial charge in [0.15, 0.2) is 11.0 Å². The molecule has 0 heterocycles. The van der Waals surface area contributed by atoms with E-state index in [2.05, 4.69) is 9.46 Å². The van der Waals surface area contributed by atoms with Crippen molar-refractivity contribution in [3.05, 3.63) is 54.6 Å². The van der Waals surface area contributed by atoms with E-state index < -0.39 is 22.7 Å². The second kappa shape index (κ2) is 12.1. The SMILES string of the molecule is CC(C)(C)OC(N)=O.CCC(C)CC(=O)NS(=O)c1cccc(-c2ccccc2)c1. The number of hydrogen-bond acceptors (Lipinski definition) is 4. The predicted molar refractivity (Wildman–Crippen MR) is 121 cm³/mol. The summed E-state index contributed by atoms with van der Waals surface area (Å²) >= 11 is 0. The van der Waals surface area contributed by atoms with E-state index in [-0.39, 0.29) is 5.91 Å². The number of nitrogens with two attached hydrogens (primary N) is 1. The van der Waals surface area contributed by atoms with Crippen LogP contribution in [0.15, 0.2) is 59.5 Å². The van der Waals surface area contributed by atoms with Crippen molar-refractivity contribution in [1.29, 1.82) is 0 Å². The molecule has 0 aliphatic heterocycles. The van der Waals surface area contributed by atoms with Crippen LogP contribution in [0, 0.1) is 5.92 Å². The zero-order chi connectivity index (χ0) is 22.7. The lowest BCUT2D eigenvalue weighted by molar-refractivity contribution is -0.120. The Balaban J connectivity index is 0.000000479. The highest BCUT2D eigenvalue weighted by Crippen LogP contribution is 2.21. The first-order valence-electron chi connectivity index (χ1n) is 9.87. The number of nitrogens with one attached hydrogen (secondary N) is 1. The number of hydrogen-bond donors (Lipinski definition) is 2. The fourth-order valence-electron chi connectivity index (χ4n) is 2.39. The van der Waals surface area contributed by atoms with Gasteiger partial charge in [0.05, 0.1) is 4.90 Å². The predicted octanol–water partition coefficient (Wildman–Crippen LogP) is 4.81. The van der Waals surface area contributed by atoms with Crippen molar-refractivity contribution in [2.45, 2.75) is 58.0 Å². The first-order chi connectivity index (χ1) is 14.0. The third kappa shape index (κ3) is 10.2. The number of amides is 2. The van der Waals surface area contributed by atoms with Gasteiger partial charge in [-0.2, -0.15) is 0 Å². The lowest BCUT2D eigenvalue weighted by Gasteiger charge is -2.16. The quantitative estimate of drug-likeness (QED) is 0.684. The molecule has 0 aromatic heterocycles. The Kier molecular flexibility index (Phi) is 10.3. The lowest BCUT2D eigenvalue weighted by atomic mass is 10.1. The first kappa shape index (κ1) is 25.4. The molecule has 0 fully saturated rings. The van der Waals surface area contributed by atoms with E-state index in [0.717, 1.165) is 17.5 Å². The molecule has 7 heteroatoms. The van der Waals surface area contributed by atoms with Crippen LogP contribution in [0.25, 0.3) is 11.1 Å². The molecule has 6 nitrogen and oxygen atoms in total. The van der Waals surface area contributed by atoms with Crippen molar-refractivity contribution in [2.75, 3.05) is 0 Å². The van der Waals surface area contributed by atoms with Crippen molar-refractivity contribution in [3.63, 3.8) is 0 Å². The Labute approximate surface area is 181 Å². The van der Waals surface area contributed by atoms with Crippen LogP contribution in [-0.2, 0) is 20.5 Å². The van der Waals surface area contributed by atoms with Gasteiger partial charge in [0.25, 0.3) is 0 Å². The first-order valence-corrected chi connectivity index (χ1v) is 11.0. The summed E-state index contributed by atoms with van der Waals surface area (Å²) in [4.78, 5) is 22.5. The van der Waals surface area contributed by atoms with Gasteiger partial charge in [0.1, 0.15) is 5.60 Å². The Morgan fingerprint density at radius 3 is 2.17 bits per heavy atom. The van der Waals surface area contributed by atoms with Crippen LogP contribution in [0.1, 0.15) is 47.5 Å². The minimum absolute atomic E-state index is 0.169. The molecule has 164 valence electrons. The van der Waals surface area contributed by atoms with E-state index in [1.165, 1.54) is 0 Å². The summed E-state index contributed by atoms with van der Waals surface area (Å²) < 4.78 is 19.4. The van der Waals surface area contributed by atoms with Gasteiger partial charge < -0.3 is 10.5 Å². The van der Waals surface area contributed by atoms with Gasteiger partial charge in [-0.15, -0.1) is 0 Å². The Morgan fingerprint density at radius 2 is 1.67 bits per heavy atom. The van der Waals surface area contributed by atoms with E-state index in [0.29, 0.717) is 17.2 Å². The molecule has 2 aromatic carbocycles. The molecule has 0 spiro atoms. The lowest BCUT2D eigenvalue weighted by Crippen LogP contribution is -2.27. The third-order valence-corrected chi connectivity index (χ3v) is 5.09. The zero-order valence-electron chi connectivity index (χ0n) is 18.3. The summed E-state index contributed by atoms with van der Waals surface area (Å²) in [5, 5.41) is 0. The second-order valence-corrected chi connectivity index (χ2v) is 9.15. The van der Waals surface area contributed by atoms with Gasteiger partial charge in [-0.05, 0) is 49.9 Å². The second-order valence-electron chi connectivity index (χ2n) is 7.94. The maximum atomic E-state index is 12.3. The molecular weight excluding hydrogens is 400 g/mol. The van der Waals surface area contributed by atoms with Crippen LogP contribution >= 0.6 is 0 Å². The Hall–Kier alpha value is -2.67. The Morgan fingerprint density at radius 1 is 1.07 bits per heavy atom. The topological polar surface area (TPSA) is 98.5 Å². The van der Waals surface area contributed by atoms with Crippen LogP contribution in [0.4, 0.5) is 4.79 Å². The van der Waals surface area contributed by atoms with E-state index in [1.54, 1.807) is 26.8 Å². The van der Waals surface area contributed by atoms with E-state index in [9.17, 15) is 13.8 Å². The minimum atomic E-state index is -1.52. The van der Waals surface area contributed by atoms with Gasteiger partial charge in [-0.25, -0.2) is 9.00 Å². The molecule has 2 rings (SSSR count). The molecule has 0 saturated carbocycles. The van der Waals surface area contributed by atoms with E-state index in [4.69, 9.17) is 5.73 Å². The smallest absolute Gasteiger partial charge is 0.405 e. The zero-order valence-corrected chi connectivity index (χ0v) is 19.1. The molecule has 0 bridgehead atoms. The van der Waals surface area contributed by atoms with Crippen molar-refractivity contribution >= 4 is 23.0 Å². The molecule has 2 atom stereocenters. The fourth-order valence-corrected chi connectivity index (χ4v) is 3.23. The van der Waals surface area contributed by atoms with Crippen LogP contribution < -0.4 is 10.5 Å². The highest BCUT2D eigenvalue weighted by molar-refractivity contribution is 7.83. The standard InChI is InChI=1S/C18H21NO2S.C5H11NO2/c1-3-14(2)12-18(20)19-22(21)17-11-7-10-16(13-17)15-8-5-4-6-9-15;1-5(2,3)8-4(6)7/h4-11,13-14H,3,12H2,1-2H3,(H,19,20);1-3H3,(H2,6,7). The largest absolute Gasteiger partial charge is 0.444 e. The maximum Gasteiger partial charge on any atom is 0.405 e. The summed E-state index contributed by atoms with van der Waals surface area (Å²) in [5.41, 5.74) is 6.32. The van der Waals surface area contributed by atoms with Gasteiger partial charge in [-0.1, -0.05) is 62.7 Å². The molecule has 30 heavy (non-hydrogen) atoms. The number of carbonyl (C=O) groups is 2. The summed E-state index contributed by atoms with van der Waals surface area (Å²) in [6.45, 7) is 9.34. The van der Waals surface area contributed by atoms with Crippen molar-refractivity contribution in [3.8, 4) is 11.1 Å². The van der Waals surface area contributed by atoms with Crippen molar-refractivity contribution in [2.24, 2.45) is 11.7 Å². The highest BCUT2D eigenvalue weighted by Gasteiger charge is 2.13. The minimum Gasteiger partial charge on any atom is -0.444 e. The Bertz CT molecular complexity index is 848. The van der Waals surface area contributed by atoms with Crippen LogP contribution in [0.3, 0.4) is 0 Å². The number of primary amides is 1. The molecule has 0 aliphatic rings. The molecule has 0 saturated heterocycles. The number of benzene rings is 2. The molecule has 2 amide bonds. The highest BCUT2D eigenvalue weighted by atomic mass is 32.2. The summed E-state index contributed by atoms with van der Waals surface area (Å²) in [5.74, 6) is 0.130. The molecule has 0 aliphatic carbocycles. The fraction of sp³-hybridized carbons (Fsp3) is 0.391. The number of ether oxygens (including phenoxy) is 1. The van der Waals surface area contributed by atoms with Crippen molar-refractivity contribution in [1.82, 2.24) is 4.72 Å². The third-order valence-electron chi connectivity index (χ3n) is 4.00. The average Bonchev–Trinajstić information content (AvgIpc) is 2.67. The molecule has 2 unspecified atom stereocenters. The van der Waals surface area contributed by atoms with Crippen LogP contribution in [0.2, 0.25) is 0 Å². The van der Waals surface area contributed by atoms with E-state index >= 15 is 0 Å². The van der Waals surface area contributed by atoms with Gasteiger partial charge >= 0.3 is 6.09 Å². The van der Waals surface area contributed by atoms with Gasteiger partial charge in [-0.3, -0.25) is 9.52 Å². The summed E-state index contributed by atoms with van der Waals surface area (Å²) in [6.07, 6.45) is 0.613. The van der Waals surface area contributed by atoms with E-state index in [1.807, 2.05) is 62.4 Å². The maximum absolute atomic E-state index is 12.3. The molecule has 0 radical (unpaired) electrons. The molecule has 3 N–H and O–H groups in total. The average molecular weight is 433 g/mol. The van der Waals surface area contributed by atoms with Crippen molar-refractivity contribution < 1.29 is 18.5 Å². The number of carbonyl (C=O) groups excluding carboxylic acids is 2. The number of rotatable bonds is 6. The van der Waals surface area contributed by atoms with Crippen LogP contribution in [0.5, 0.6) is 0 Å². The molecular formula is C23H32N2O4S. The summed E-state index contributed by atoms with van der Waals surface area (Å²) in [6, 6.07) is 17.3. The normalized spacial score (nSPS) is 12.7. The van der Waals surface area contributed by atoms with Crippen LogP contribution in [-0.4, -0.2) is 21.8 Å². The monoisotopic (exact) mass is 432 g/mol. The van der Waals surface area contributed by atoms with Gasteiger partial charge in [0.2, 0.25) is 5.91 Å².